The first-order valence-electron chi connectivity index (χ1n) is 7.90. The first-order valence-corrected chi connectivity index (χ1v) is 7.90. The molecule has 0 saturated carbocycles. The molecule has 2 rings (SSSR count). The molecule has 0 amide bonds. The van der Waals surface area contributed by atoms with Gasteiger partial charge >= 0.3 is 5.97 Å². The lowest BCUT2D eigenvalue weighted by Crippen LogP contribution is -2.21. The summed E-state index contributed by atoms with van der Waals surface area (Å²) in [5, 5.41) is 17.0. The lowest BCUT2D eigenvalue weighted by Gasteiger charge is -2.20. The Balaban J connectivity index is 2.04. The highest BCUT2D eigenvalue weighted by Crippen LogP contribution is 2.22. The van der Waals surface area contributed by atoms with E-state index < -0.39 is 5.97 Å². The molecule has 0 spiro atoms. The Bertz CT molecular complexity index is 715. The fourth-order valence-electron chi connectivity index (χ4n) is 2.25. The molecule has 5 nitrogen and oxygen atoms in total. The molecule has 0 atom stereocenters. The van der Waals surface area contributed by atoms with Crippen LogP contribution in [0.25, 0.3) is 6.08 Å². The summed E-state index contributed by atoms with van der Waals surface area (Å²) in [6.07, 6.45) is 2.64. The van der Waals surface area contributed by atoms with Crippen molar-refractivity contribution in [2.45, 2.75) is 13.8 Å². The first kappa shape index (κ1) is 17.4. The smallest absolute Gasteiger partial charge is 0.328 e. The van der Waals surface area contributed by atoms with Gasteiger partial charge in [0, 0.05) is 24.9 Å². The van der Waals surface area contributed by atoms with Crippen LogP contribution in [0.3, 0.4) is 0 Å². The van der Waals surface area contributed by atoms with Crippen molar-refractivity contribution < 1.29 is 9.90 Å². The number of aliphatic carboxylic acids is 1. The van der Waals surface area contributed by atoms with Gasteiger partial charge in [0.05, 0.1) is 11.4 Å². The van der Waals surface area contributed by atoms with Crippen LogP contribution in [0.1, 0.15) is 19.4 Å². The molecular formula is C19H21N3O2. The van der Waals surface area contributed by atoms with E-state index >= 15 is 0 Å². The molecule has 0 saturated heterocycles. The van der Waals surface area contributed by atoms with E-state index in [4.69, 9.17) is 5.11 Å². The van der Waals surface area contributed by atoms with E-state index in [2.05, 4.69) is 29.0 Å². The Morgan fingerprint density at radius 1 is 0.958 bits per heavy atom. The molecule has 24 heavy (non-hydrogen) atoms. The zero-order valence-electron chi connectivity index (χ0n) is 13.9. The number of carbonyl (C=O) groups is 1. The average molecular weight is 323 g/mol. The summed E-state index contributed by atoms with van der Waals surface area (Å²) in [5.74, 6) is -0.966. The number of nitrogens with zero attached hydrogens (tertiary/aromatic N) is 3. The highest BCUT2D eigenvalue weighted by atomic mass is 16.4. The van der Waals surface area contributed by atoms with Gasteiger partial charge in [0.2, 0.25) is 0 Å². The molecule has 0 bridgehead atoms. The van der Waals surface area contributed by atoms with Gasteiger partial charge in [-0.3, -0.25) is 0 Å². The Hall–Kier alpha value is -2.95. The van der Waals surface area contributed by atoms with E-state index in [0.29, 0.717) is 0 Å². The Labute approximate surface area is 142 Å². The van der Waals surface area contributed by atoms with E-state index in [1.807, 2.05) is 24.3 Å². The lowest BCUT2D eigenvalue weighted by molar-refractivity contribution is -0.131. The topological polar surface area (TPSA) is 65.3 Å². The summed E-state index contributed by atoms with van der Waals surface area (Å²) < 4.78 is 0. The number of azo groups is 1. The van der Waals surface area contributed by atoms with Crippen LogP contribution in [0.2, 0.25) is 0 Å². The van der Waals surface area contributed by atoms with Gasteiger partial charge in [-0.25, -0.2) is 4.79 Å². The molecule has 0 unspecified atom stereocenters. The molecule has 124 valence electrons. The van der Waals surface area contributed by atoms with Crippen molar-refractivity contribution in [3.8, 4) is 0 Å². The van der Waals surface area contributed by atoms with Crippen molar-refractivity contribution in [2.24, 2.45) is 10.2 Å². The van der Waals surface area contributed by atoms with E-state index in [9.17, 15) is 4.79 Å². The minimum absolute atomic E-state index is 0.718. The molecule has 5 heteroatoms. The van der Waals surface area contributed by atoms with Gasteiger partial charge in [-0.05, 0) is 61.9 Å². The highest BCUT2D eigenvalue weighted by Gasteiger charge is 2.00. The maximum Gasteiger partial charge on any atom is 0.328 e. The first-order chi connectivity index (χ1) is 11.6. The number of carboxylic acid groups (broad SMARTS) is 1. The third kappa shape index (κ3) is 5.05. The minimum atomic E-state index is -0.966. The van der Waals surface area contributed by atoms with Crippen molar-refractivity contribution in [1.82, 2.24) is 0 Å². The average Bonchev–Trinajstić information content (AvgIpc) is 2.61. The minimum Gasteiger partial charge on any atom is -0.478 e. The van der Waals surface area contributed by atoms with Crippen molar-refractivity contribution in [3.63, 3.8) is 0 Å². The molecular weight excluding hydrogens is 302 g/mol. The van der Waals surface area contributed by atoms with E-state index in [1.165, 1.54) is 11.8 Å². The molecule has 0 aliphatic carbocycles. The second-order valence-corrected chi connectivity index (χ2v) is 5.15. The van der Waals surface area contributed by atoms with Crippen LogP contribution < -0.4 is 4.90 Å². The van der Waals surface area contributed by atoms with Crippen LogP contribution in [0.15, 0.2) is 64.8 Å². The number of benzene rings is 2. The van der Waals surface area contributed by atoms with E-state index in [1.54, 1.807) is 24.3 Å². The summed E-state index contributed by atoms with van der Waals surface area (Å²) in [6, 6.07) is 15.2. The van der Waals surface area contributed by atoms with Gasteiger partial charge in [-0.2, -0.15) is 10.2 Å². The summed E-state index contributed by atoms with van der Waals surface area (Å²) in [4.78, 5) is 12.7. The standard InChI is InChI=1S/C19H21N3O2/c1-3-22(4-2)18-12-10-17(11-13-18)21-20-16-8-5-15(6-9-16)7-14-19(23)24/h5-14H,3-4H2,1-2H3,(H,23,24)/b14-7+,21-20+. The largest absolute Gasteiger partial charge is 0.478 e. The van der Waals surface area contributed by atoms with Crippen LogP contribution in [0.4, 0.5) is 17.1 Å². The van der Waals surface area contributed by atoms with Gasteiger partial charge in [0.15, 0.2) is 0 Å². The predicted octanol–water partition coefficient (Wildman–Crippen LogP) is 5.05. The summed E-state index contributed by atoms with van der Waals surface area (Å²) in [6.45, 7) is 6.21. The van der Waals surface area contributed by atoms with E-state index in [0.717, 1.165) is 36.1 Å². The van der Waals surface area contributed by atoms with Gasteiger partial charge in [0.1, 0.15) is 0 Å². The summed E-state index contributed by atoms with van der Waals surface area (Å²) in [7, 11) is 0. The number of hydrogen-bond acceptors (Lipinski definition) is 4. The normalized spacial score (nSPS) is 11.2. The fourth-order valence-corrected chi connectivity index (χ4v) is 2.25. The van der Waals surface area contributed by atoms with Gasteiger partial charge in [-0.15, -0.1) is 0 Å². The van der Waals surface area contributed by atoms with Crippen LogP contribution in [-0.4, -0.2) is 24.2 Å². The fraction of sp³-hybridized carbons (Fsp3) is 0.211. The maximum atomic E-state index is 10.5. The van der Waals surface area contributed by atoms with Crippen LogP contribution in [0.5, 0.6) is 0 Å². The predicted molar refractivity (Wildman–Crippen MR) is 97.3 cm³/mol. The third-order valence-electron chi connectivity index (χ3n) is 3.57. The van der Waals surface area contributed by atoms with E-state index in [-0.39, 0.29) is 0 Å². The molecule has 2 aromatic rings. The van der Waals surface area contributed by atoms with Crippen molar-refractivity contribution >= 4 is 29.1 Å². The molecule has 0 aliphatic heterocycles. The molecule has 0 fully saturated rings. The van der Waals surface area contributed by atoms with Gasteiger partial charge < -0.3 is 10.0 Å². The number of rotatable bonds is 7. The third-order valence-corrected chi connectivity index (χ3v) is 3.57. The maximum absolute atomic E-state index is 10.5. The molecule has 2 aromatic carbocycles. The Morgan fingerprint density at radius 2 is 1.46 bits per heavy atom. The zero-order valence-corrected chi connectivity index (χ0v) is 13.9. The lowest BCUT2D eigenvalue weighted by atomic mass is 10.2. The highest BCUT2D eigenvalue weighted by molar-refractivity contribution is 5.85. The number of hydrogen-bond donors (Lipinski definition) is 1. The summed E-state index contributed by atoms with van der Waals surface area (Å²) in [5.41, 5.74) is 3.49. The monoisotopic (exact) mass is 323 g/mol. The van der Waals surface area contributed by atoms with Gasteiger partial charge in [0.25, 0.3) is 0 Å². The van der Waals surface area contributed by atoms with Crippen LogP contribution in [-0.2, 0) is 4.79 Å². The SMILES string of the molecule is CCN(CC)c1ccc(/N=N/c2ccc(/C=C/C(=O)O)cc2)cc1. The number of anilines is 1. The molecule has 0 aliphatic rings. The van der Waals surface area contributed by atoms with Crippen molar-refractivity contribution in [1.29, 1.82) is 0 Å². The number of carboxylic acids is 1. The van der Waals surface area contributed by atoms with Crippen LogP contribution >= 0.6 is 0 Å². The molecule has 0 radical (unpaired) electrons. The zero-order chi connectivity index (χ0) is 17.4. The molecule has 0 aromatic heterocycles. The summed E-state index contributed by atoms with van der Waals surface area (Å²) >= 11 is 0. The van der Waals surface area contributed by atoms with Gasteiger partial charge in [-0.1, -0.05) is 12.1 Å². The Morgan fingerprint density at radius 3 is 1.92 bits per heavy atom. The van der Waals surface area contributed by atoms with Crippen molar-refractivity contribution in [2.75, 3.05) is 18.0 Å². The Kier molecular flexibility index (Phi) is 6.25. The van der Waals surface area contributed by atoms with Crippen LogP contribution in [0, 0.1) is 0 Å². The second kappa shape index (κ2) is 8.62. The quantitative estimate of drug-likeness (QED) is 0.573. The van der Waals surface area contributed by atoms with Crippen molar-refractivity contribution in [3.05, 3.63) is 60.2 Å². The molecule has 1 N–H and O–H groups in total. The second-order valence-electron chi connectivity index (χ2n) is 5.15. The molecule has 0 heterocycles.